The zero-order valence-electron chi connectivity index (χ0n) is 12.1. The summed E-state index contributed by atoms with van der Waals surface area (Å²) >= 11 is 0. The van der Waals surface area contributed by atoms with Crippen LogP contribution in [0.4, 0.5) is 0 Å². The molecule has 4 nitrogen and oxygen atoms in total. The van der Waals surface area contributed by atoms with Crippen LogP contribution in [0, 0.1) is 5.41 Å². The van der Waals surface area contributed by atoms with Gasteiger partial charge in [0.05, 0.1) is 17.9 Å². The summed E-state index contributed by atoms with van der Waals surface area (Å²) in [6.45, 7) is 10.7. The molecule has 0 bridgehead atoms. The third-order valence-corrected chi connectivity index (χ3v) is 3.25. The minimum Gasteiger partial charge on any atom is -0.390 e. The number of aromatic nitrogens is 2. The Labute approximate surface area is 110 Å². The first kappa shape index (κ1) is 15.2. The summed E-state index contributed by atoms with van der Waals surface area (Å²) in [6, 6.07) is 2.02. The zero-order valence-corrected chi connectivity index (χ0v) is 12.1. The van der Waals surface area contributed by atoms with Gasteiger partial charge in [-0.25, -0.2) is 0 Å². The molecule has 0 aliphatic heterocycles. The summed E-state index contributed by atoms with van der Waals surface area (Å²) < 4.78 is 1.90. The molecule has 2 N–H and O–H groups in total. The molecular weight excluding hydrogens is 228 g/mol. The van der Waals surface area contributed by atoms with Crippen LogP contribution in [0.25, 0.3) is 0 Å². The number of aryl methyl sites for hydroxylation is 2. The van der Waals surface area contributed by atoms with E-state index in [-0.39, 0.29) is 5.41 Å². The molecule has 0 aliphatic rings. The van der Waals surface area contributed by atoms with E-state index in [1.54, 1.807) is 0 Å². The van der Waals surface area contributed by atoms with Crippen molar-refractivity contribution in [2.24, 2.45) is 5.41 Å². The smallest absolute Gasteiger partial charge is 0.0859 e. The van der Waals surface area contributed by atoms with Crippen molar-refractivity contribution < 1.29 is 10.2 Å². The van der Waals surface area contributed by atoms with Crippen molar-refractivity contribution >= 4 is 0 Å². The Hall–Kier alpha value is -0.870. The molecule has 18 heavy (non-hydrogen) atoms. The molecule has 2 unspecified atom stereocenters. The number of aliphatic hydroxyl groups excluding tert-OH is 2. The number of aliphatic hydroxyl groups is 2. The van der Waals surface area contributed by atoms with Gasteiger partial charge in [0, 0.05) is 18.7 Å². The molecular formula is C14H26N2O2. The Kier molecular flexibility index (Phi) is 4.93. The van der Waals surface area contributed by atoms with Gasteiger partial charge in [-0.05, 0) is 24.8 Å². The van der Waals surface area contributed by atoms with E-state index in [1.807, 2.05) is 38.4 Å². The summed E-state index contributed by atoms with van der Waals surface area (Å²) in [5, 5.41) is 24.6. The zero-order chi connectivity index (χ0) is 13.9. The largest absolute Gasteiger partial charge is 0.390 e. The molecule has 0 radical (unpaired) electrons. The molecule has 0 saturated carbocycles. The van der Waals surface area contributed by atoms with Crippen LogP contribution in [0.2, 0.25) is 0 Å². The second kappa shape index (κ2) is 5.85. The molecule has 0 saturated heterocycles. The molecule has 1 aromatic heterocycles. The highest BCUT2D eigenvalue weighted by Crippen LogP contribution is 2.23. The fourth-order valence-corrected chi connectivity index (χ4v) is 2.03. The van der Waals surface area contributed by atoms with Gasteiger partial charge in [0.1, 0.15) is 0 Å². The first-order valence-corrected chi connectivity index (χ1v) is 6.71. The van der Waals surface area contributed by atoms with E-state index < -0.39 is 12.2 Å². The van der Waals surface area contributed by atoms with Crippen molar-refractivity contribution in [2.75, 3.05) is 0 Å². The molecule has 104 valence electrons. The van der Waals surface area contributed by atoms with E-state index in [0.717, 1.165) is 24.4 Å². The van der Waals surface area contributed by atoms with E-state index >= 15 is 0 Å². The predicted octanol–water partition coefficient (Wildman–Crippen LogP) is 1.78. The Bertz CT molecular complexity index is 380. The minimum absolute atomic E-state index is 0.315. The van der Waals surface area contributed by atoms with Gasteiger partial charge in [-0.1, -0.05) is 27.7 Å². The van der Waals surface area contributed by atoms with Crippen molar-refractivity contribution in [2.45, 2.75) is 66.2 Å². The van der Waals surface area contributed by atoms with Crippen LogP contribution in [0.5, 0.6) is 0 Å². The Balaban J connectivity index is 2.81. The van der Waals surface area contributed by atoms with E-state index in [4.69, 9.17) is 0 Å². The maximum Gasteiger partial charge on any atom is 0.0859 e. The topological polar surface area (TPSA) is 58.3 Å². The normalized spacial score (nSPS) is 15.7. The van der Waals surface area contributed by atoms with Gasteiger partial charge in [-0.3, -0.25) is 4.68 Å². The molecule has 0 spiro atoms. The van der Waals surface area contributed by atoms with Crippen molar-refractivity contribution in [3.8, 4) is 0 Å². The van der Waals surface area contributed by atoms with Gasteiger partial charge >= 0.3 is 0 Å². The second-order valence-corrected chi connectivity index (χ2v) is 5.88. The highest BCUT2D eigenvalue weighted by molar-refractivity contribution is 5.12. The second-order valence-electron chi connectivity index (χ2n) is 5.88. The highest BCUT2D eigenvalue weighted by Gasteiger charge is 2.29. The fourth-order valence-electron chi connectivity index (χ4n) is 2.03. The Morgan fingerprint density at radius 3 is 2.33 bits per heavy atom. The average molecular weight is 254 g/mol. The molecule has 1 aromatic rings. The van der Waals surface area contributed by atoms with Gasteiger partial charge in [-0.15, -0.1) is 0 Å². The summed E-state index contributed by atoms with van der Waals surface area (Å²) in [6.07, 6.45) is -0.156. The Morgan fingerprint density at radius 1 is 1.28 bits per heavy atom. The number of hydrogen-bond acceptors (Lipinski definition) is 3. The summed E-state index contributed by atoms with van der Waals surface area (Å²) in [4.78, 5) is 0. The molecule has 0 fully saturated rings. The van der Waals surface area contributed by atoms with Gasteiger partial charge in [0.2, 0.25) is 0 Å². The monoisotopic (exact) mass is 254 g/mol. The maximum atomic E-state index is 10.1. The lowest BCUT2D eigenvalue weighted by molar-refractivity contribution is -0.0441. The van der Waals surface area contributed by atoms with E-state index in [0.29, 0.717) is 6.42 Å². The molecule has 0 aromatic carbocycles. The van der Waals surface area contributed by atoms with Crippen LogP contribution in [0.1, 0.15) is 46.0 Å². The lowest BCUT2D eigenvalue weighted by atomic mass is 9.84. The van der Waals surface area contributed by atoms with Crippen LogP contribution in [0.3, 0.4) is 0 Å². The van der Waals surface area contributed by atoms with E-state index in [1.165, 1.54) is 0 Å². The highest BCUT2D eigenvalue weighted by atomic mass is 16.3. The third kappa shape index (κ3) is 3.56. The van der Waals surface area contributed by atoms with Crippen LogP contribution < -0.4 is 0 Å². The number of rotatable bonds is 5. The standard InChI is InChI=1S/C14H26N2O2/c1-6-10-8-11(16(7-2)15-10)9-12(17)13(18)14(3,4)5/h8,12-13,17-18H,6-7,9H2,1-5H3. The van der Waals surface area contributed by atoms with Gasteiger partial charge in [0.25, 0.3) is 0 Å². The molecule has 0 aliphatic carbocycles. The fraction of sp³-hybridized carbons (Fsp3) is 0.786. The summed E-state index contributed by atoms with van der Waals surface area (Å²) in [7, 11) is 0. The molecule has 1 heterocycles. The van der Waals surface area contributed by atoms with Gasteiger partial charge < -0.3 is 10.2 Å². The SMILES string of the molecule is CCc1cc(CC(O)C(O)C(C)(C)C)n(CC)n1. The maximum absolute atomic E-state index is 10.1. The first-order chi connectivity index (χ1) is 8.29. The predicted molar refractivity (Wildman–Crippen MR) is 72.5 cm³/mol. The average Bonchev–Trinajstić information content (AvgIpc) is 2.69. The lowest BCUT2D eigenvalue weighted by Gasteiger charge is -2.30. The minimum atomic E-state index is -0.753. The van der Waals surface area contributed by atoms with E-state index in [2.05, 4.69) is 12.0 Å². The number of nitrogens with zero attached hydrogens (tertiary/aromatic N) is 2. The van der Waals surface area contributed by atoms with Crippen molar-refractivity contribution in [3.63, 3.8) is 0 Å². The quantitative estimate of drug-likeness (QED) is 0.842. The van der Waals surface area contributed by atoms with Crippen molar-refractivity contribution in [3.05, 3.63) is 17.5 Å². The van der Waals surface area contributed by atoms with Crippen LogP contribution in [-0.4, -0.2) is 32.2 Å². The molecule has 0 amide bonds. The molecule has 2 atom stereocenters. The van der Waals surface area contributed by atoms with Gasteiger partial charge in [0.15, 0.2) is 0 Å². The third-order valence-electron chi connectivity index (χ3n) is 3.25. The Morgan fingerprint density at radius 2 is 1.89 bits per heavy atom. The van der Waals surface area contributed by atoms with Crippen molar-refractivity contribution in [1.82, 2.24) is 9.78 Å². The van der Waals surface area contributed by atoms with Crippen LogP contribution in [-0.2, 0) is 19.4 Å². The van der Waals surface area contributed by atoms with E-state index in [9.17, 15) is 10.2 Å². The van der Waals surface area contributed by atoms with Crippen molar-refractivity contribution in [1.29, 1.82) is 0 Å². The molecule has 1 rings (SSSR count). The van der Waals surface area contributed by atoms with Gasteiger partial charge in [-0.2, -0.15) is 5.10 Å². The molecule has 4 heteroatoms. The van der Waals surface area contributed by atoms with Crippen LogP contribution >= 0.6 is 0 Å². The summed E-state index contributed by atoms with van der Waals surface area (Å²) in [5.74, 6) is 0. The summed E-state index contributed by atoms with van der Waals surface area (Å²) in [5.41, 5.74) is 1.71. The first-order valence-electron chi connectivity index (χ1n) is 6.71. The lowest BCUT2D eigenvalue weighted by Crippen LogP contribution is -2.39. The van der Waals surface area contributed by atoms with Crippen LogP contribution in [0.15, 0.2) is 6.07 Å². The number of hydrogen-bond donors (Lipinski definition) is 2.